The van der Waals surface area contributed by atoms with Crippen molar-refractivity contribution in [1.29, 1.82) is 0 Å². The molecule has 4 aliphatic rings. The molecule has 1 aromatic carbocycles. The summed E-state index contributed by atoms with van der Waals surface area (Å²) in [5, 5.41) is 9.80. The van der Waals surface area contributed by atoms with Crippen LogP contribution in [0.5, 0.6) is 0 Å². The molecule has 1 N–H and O–H groups in total. The number of rotatable bonds is 3. The zero-order valence-corrected chi connectivity index (χ0v) is 18.1. The van der Waals surface area contributed by atoms with Gasteiger partial charge in [-0.15, -0.1) is 0 Å². The van der Waals surface area contributed by atoms with E-state index in [4.69, 9.17) is 0 Å². The molecular weight excluding hydrogens is 397 g/mol. The van der Waals surface area contributed by atoms with Gasteiger partial charge in [-0.1, -0.05) is 0 Å². The molecule has 31 heavy (non-hydrogen) atoms. The monoisotopic (exact) mass is 429 g/mol. The molecule has 1 atom stereocenters. The van der Waals surface area contributed by atoms with Gasteiger partial charge in [0.25, 0.3) is 0 Å². The van der Waals surface area contributed by atoms with Crippen molar-refractivity contribution in [3.05, 3.63) is 24.0 Å². The lowest BCUT2D eigenvalue weighted by molar-refractivity contribution is -0.139. The lowest BCUT2D eigenvalue weighted by Crippen LogP contribution is -2.50. The number of piperidine rings is 1. The summed E-state index contributed by atoms with van der Waals surface area (Å²) in [6.07, 6.45) is 6.95. The third kappa shape index (κ3) is 3.71. The Bertz CT molecular complexity index is 870. The van der Waals surface area contributed by atoms with Crippen LogP contribution in [0.2, 0.25) is 0 Å². The molecule has 0 radical (unpaired) electrons. The molecule has 4 fully saturated rings. The Kier molecular flexibility index (Phi) is 5.40. The summed E-state index contributed by atoms with van der Waals surface area (Å²) in [4.78, 5) is 31.2. The Labute approximate surface area is 183 Å². The largest absolute Gasteiger partial charge is 0.393 e. The Morgan fingerprint density at radius 2 is 1.81 bits per heavy atom. The van der Waals surface area contributed by atoms with E-state index in [1.807, 2.05) is 15.9 Å². The van der Waals surface area contributed by atoms with E-state index < -0.39 is 5.41 Å². The standard InChI is InChI=1S/C24H32FN3O3/c25-20-15-18(27-13-1-3-22(27)30)6-9-21(20)26-12-2-10-24(16-26)11-14-28(23(24)31)17-4-7-19(29)8-5-17/h6,9,15,17,19,29H,1-5,7-8,10-14,16H2/t17-,19-,24-/m0/s1. The smallest absolute Gasteiger partial charge is 0.230 e. The molecular formula is C24H32FN3O3. The van der Waals surface area contributed by atoms with Crippen molar-refractivity contribution < 1.29 is 19.1 Å². The van der Waals surface area contributed by atoms with E-state index in [-0.39, 0.29) is 29.8 Å². The third-order valence-corrected chi connectivity index (χ3v) is 7.89. The van der Waals surface area contributed by atoms with Crippen LogP contribution in [0.1, 0.15) is 57.8 Å². The van der Waals surface area contributed by atoms with Crippen molar-refractivity contribution in [2.24, 2.45) is 5.41 Å². The maximum atomic E-state index is 15.1. The molecule has 3 saturated heterocycles. The van der Waals surface area contributed by atoms with Gasteiger partial charge in [0.1, 0.15) is 5.82 Å². The van der Waals surface area contributed by atoms with Gasteiger partial charge < -0.3 is 19.8 Å². The van der Waals surface area contributed by atoms with Crippen molar-refractivity contribution in [3.63, 3.8) is 0 Å². The van der Waals surface area contributed by atoms with E-state index in [2.05, 4.69) is 0 Å². The van der Waals surface area contributed by atoms with E-state index in [0.717, 1.165) is 64.5 Å². The number of benzene rings is 1. The summed E-state index contributed by atoms with van der Waals surface area (Å²) in [5.74, 6) is -0.0490. The zero-order chi connectivity index (χ0) is 21.6. The van der Waals surface area contributed by atoms with Crippen molar-refractivity contribution in [1.82, 2.24) is 4.90 Å². The first-order valence-corrected chi connectivity index (χ1v) is 11.8. The number of halogens is 1. The number of amides is 2. The van der Waals surface area contributed by atoms with Gasteiger partial charge in [0.15, 0.2) is 0 Å². The number of aliphatic hydroxyl groups is 1. The highest BCUT2D eigenvalue weighted by molar-refractivity contribution is 5.95. The van der Waals surface area contributed by atoms with Crippen LogP contribution in [-0.4, -0.2) is 60.1 Å². The van der Waals surface area contributed by atoms with Crippen molar-refractivity contribution in [3.8, 4) is 0 Å². The SMILES string of the molecule is O=C1CCCN1c1ccc(N2CCC[C@]3(CCN([C@H]4CC[C@H](O)CC4)C3=O)C2)c(F)c1. The fourth-order valence-electron chi connectivity index (χ4n) is 6.12. The van der Waals surface area contributed by atoms with Crippen LogP contribution in [0.25, 0.3) is 0 Å². The second kappa shape index (κ2) is 8.08. The van der Waals surface area contributed by atoms with Crippen LogP contribution >= 0.6 is 0 Å². The van der Waals surface area contributed by atoms with Crippen LogP contribution in [0.15, 0.2) is 18.2 Å². The van der Waals surface area contributed by atoms with Crippen molar-refractivity contribution >= 4 is 23.2 Å². The van der Waals surface area contributed by atoms with Crippen LogP contribution in [0, 0.1) is 11.2 Å². The summed E-state index contributed by atoms with van der Waals surface area (Å²) in [6, 6.07) is 5.31. The number of nitrogens with zero attached hydrogens (tertiary/aromatic N) is 3. The Morgan fingerprint density at radius 3 is 2.52 bits per heavy atom. The average Bonchev–Trinajstić information content (AvgIpc) is 3.33. The van der Waals surface area contributed by atoms with Gasteiger partial charge in [0.05, 0.1) is 17.2 Å². The van der Waals surface area contributed by atoms with Crippen molar-refractivity contribution in [2.45, 2.75) is 69.9 Å². The first-order valence-electron chi connectivity index (χ1n) is 11.8. The summed E-state index contributed by atoms with van der Waals surface area (Å²) in [5.41, 5.74) is 0.726. The summed E-state index contributed by atoms with van der Waals surface area (Å²) in [7, 11) is 0. The number of carbonyl (C=O) groups is 2. The first-order chi connectivity index (χ1) is 15.0. The van der Waals surface area contributed by atoms with E-state index in [9.17, 15) is 14.7 Å². The Hall–Kier alpha value is -2.15. The number of likely N-dealkylation sites (tertiary alicyclic amines) is 1. The molecule has 1 aliphatic carbocycles. The van der Waals surface area contributed by atoms with Crippen LogP contribution in [-0.2, 0) is 9.59 Å². The van der Waals surface area contributed by atoms with Gasteiger partial charge in [0, 0.05) is 44.3 Å². The summed E-state index contributed by atoms with van der Waals surface area (Å²) < 4.78 is 15.1. The Balaban J connectivity index is 1.31. The van der Waals surface area contributed by atoms with E-state index in [1.165, 1.54) is 6.07 Å². The molecule has 0 aromatic heterocycles. The predicted molar refractivity (Wildman–Crippen MR) is 116 cm³/mol. The highest BCUT2D eigenvalue weighted by atomic mass is 19.1. The zero-order valence-electron chi connectivity index (χ0n) is 18.1. The summed E-state index contributed by atoms with van der Waals surface area (Å²) >= 11 is 0. The second-order valence-corrected chi connectivity index (χ2v) is 9.80. The maximum absolute atomic E-state index is 15.1. The van der Waals surface area contributed by atoms with Gasteiger partial charge in [-0.25, -0.2) is 4.39 Å². The normalized spacial score (nSPS) is 31.9. The predicted octanol–water partition coefficient (Wildman–Crippen LogP) is 3.07. The molecule has 1 spiro atoms. The number of aliphatic hydroxyl groups excluding tert-OH is 1. The highest BCUT2D eigenvalue weighted by Crippen LogP contribution is 2.44. The molecule has 1 saturated carbocycles. The van der Waals surface area contributed by atoms with Gasteiger partial charge in [-0.05, 0) is 69.6 Å². The number of hydrogen-bond donors (Lipinski definition) is 1. The minimum Gasteiger partial charge on any atom is -0.393 e. The molecule has 168 valence electrons. The number of carbonyl (C=O) groups excluding carboxylic acids is 2. The van der Waals surface area contributed by atoms with Crippen LogP contribution in [0.3, 0.4) is 0 Å². The lowest BCUT2D eigenvalue weighted by atomic mass is 9.78. The molecule has 1 aromatic rings. The topological polar surface area (TPSA) is 64.1 Å². The van der Waals surface area contributed by atoms with Gasteiger partial charge in [0.2, 0.25) is 11.8 Å². The molecule has 3 heterocycles. The number of hydrogen-bond acceptors (Lipinski definition) is 4. The van der Waals surface area contributed by atoms with E-state index in [0.29, 0.717) is 30.9 Å². The summed E-state index contributed by atoms with van der Waals surface area (Å²) in [6.45, 7) is 2.71. The molecule has 0 bridgehead atoms. The minimum absolute atomic E-state index is 0.0518. The van der Waals surface area contributed by atoms with Crippen LogP contribution < -0.4 is 9.80 Å². The molecule has 7 heteroatoms. The highest BCUT2D eigenvalue weighted by Gasteiger charge is 2.50. The van der Waals surface area contributed by atoms with Gasteiger partial charge in [-0.2, -0.15) is 0 Å². The second-order valence-electron chi connectivity index (χ2n) is 9.80. The van der Waals surface area contributed by atoms with E-state index >= 15 is 4.39 Å². The lowest BCUT2D eigenvalue weighted by Gasteiger charge is -2.41. The quantitative estimate of drug-likeness (QED) is 0.802. The number of anilines is 2. The van der Waals surface area contributed by atoms with Gasteiger partial charge >= 0.3 is 0 Å². The van der Waals surface area contributed by atoms with Crippen molar-refractivity contribution in [2.75, 3.05) is 36.0 Å². The first kappa shape index (κ1) is 20.7. The Morgan fingerprint density at radius 1 is 1.00 bits per heavy atom. The fraction of sp³-hybridized carbons (Fsp3) is 0.667. The van der Waals surface area contributed by atoms with Crippen LogP contribution in [0.4, 0.5) is 15.8 Å². The van der Waals surface area contributed by atoms with E-state index in [1.54, 1.807) is 11.0 Å². The maximum Gasteiger partial charge on any atom is 0.230 e. The molecule has 0 unspecified atom stereocenters. The molecule has 6 nitrogen and oxygen atoms in total. The average molecular weight is 430 g/mol. The fourth-order valence-corrected chi connectivity index (χ4v) is 6.12. The van der Waals surface area contributed by atoms with Gasteiger partial charge in [-0.3, -0.25) is 9.59 Å². The third-order valence-electron chi connectivity index (χ3n) is 7.89. The molecule has 5 rings (SSSR count). The minimum atomic E-state index is -0.426. The molecule has 2 amide bonds. The molecule has 3 aliphatic heterocycles.